The van der Waals surface area contributed by atoms with Gasteiger partial charge in [-0.25, -0.2) is 4.98 Å². The van der Waals surface area contributed by atoms with Crippen LogP contribution in [0.2, 0.25) is 0 Å². The molecule has 1 saturated heterocycles. The van der Waals surface area contributed by atoms with Gasteiger partial charge in [0, 0.05) is 13.0 Å². The van der Waals surface area contributed by atoms with E-state index in [4.69, 9.17) is 14.3 Å². The van der Waals surface area contributed by atoms with Gasteiger partial charge < -0.3 is 13.9 Å². The SMILES string of the molecule is CC1(C)OB(c2ccc3c(c2)nc2n3CCC(C3CCC3)CC2)OC1(C)C. The summed E-state index contributed by atoms with van der Waals surface area (Å²) in [6.45, 7) is 9.51. The van der Waals surface area contributed by atoms with E-state index in [9.17, 15) is 0 Å². The van der Waals surface area contributed by atoms with Gasteiger partial charge in [0.15, 0.2) is 0 Å². The zero-order valence-electron chi connectivity index (χ0n) is 17.1. The number of benzene rings is 1. The van der Waals surface area contributed by atoms with Gasteiger partial charge in [0.1, 0.15) is 5.82 Å². The van der Waals surface area contributed by atoms with E-state index in [2.05, 4.69) is 50.5 Å². The summed E-state index contributed by atoms with van der Waals surface area (Å²) in [6, 6.07) is 6.55. The van der Waals surface area contributed by atoms with Gasteiger partial charge in [0.2, 0.25) is 0 Å². The van der Waals surface area contributed by atoms with Crippen LogP contribution in [-0.2, 0) is 22.3 Å². The van der Waals surface area contributed by atoms with Gasteiger partial charge in [-0.05, 0) is 70.0 Å². The fraction of sp³-hybridized carbons (Fsp3) is 0.682. The van der Waals surface area contributed by atoms with Gasteiger partial charge >= 0.3 is 7.12 Å². The molecule has 4 nitrogen and oxygen atoms in total. The number of hydrogen-bond donors (Lipinski definition) is 0. The molecule has 3 aliphatic rings. The Labute approximate surface area is 162 Å². The lowest BCUT2D eigenvalue weighted by Gasteiger charge is -2.33. The summed E-state index contributed by atoms with van der Waals surface area (Å²) in [6.07, 6.45) is 8.06. The van der Waals surface area contributed by atoms with Crippen molar-refractivity contribution >= 4 is 23.6 Å². The molecule has 0 amide bonds. The Morgan fingerprint density at radius 1 is 1.00 bits per heavy atom. The zero-order chi connectivity index (χ0) is 18.8. The number of nitrogens with zero attached hydrogens (tertiary/aromatic N) is 2. The fourth-order valence-electron chi connectivity index (χ4n) is 4.90. The molecule has 1 aromatic carbocycles. The van der Waals surface area contributed by atoms with Crippen molar-refractivity contribution < 1.29 is 9.31 Å². The Hall–Kier alpha value is -1.33. The number of hydrogen-bond acceptors (Lipinski definition) is 3. The second kappa shape index (κ2) is 6.08. The average Bonchev–Trinajstić information content (AvgIpc) is 2.92. The van der Waals surface area contributed by atoms with Crippen LogP contribution in [-0.4, -0.2) is 27.9 Å². The van der Waals surface area contributed by atoms with Crippen molar-refractivity contribution in [2.75, 3.05) is 0 Å². The number of aromatic nitrogens is 2. The van der Waals surface area contributed by atoms with E-state index in [0.29, 0.717) is 0 Å². The second-order valence-corrected chi connectivity index (χ2v) is 9.79. The summed E-state index contributed by atoms with van der Waals surface area (Å²) in [5, 5.41) is 0. The average molecular weight is 366 g/mol. The third-order valence-electron chi connectivity index (χ3n) is 7.66. The summed E-state index contributed by atoms with van der Waals surface area (Å²) in [7, 11) is -0.316. The van der Waals surface area contributed by atoms with Gasteiger partial charge in [-0.3, -0.25) is 0 Å². The Balaban J connectivity index is 1.41. The molecule has 1 aliphatic carbocycles. The highest BCUT2D eigenvalue weighted by atomic mass is 16.7. The minimum atomic E-state index is -0.316. The minimum Gasteiger partial charge on any atom is -0.399 e. The lowest BCUT2D eigenvalue weighted by Crippen LogP contribution is -2.41. The smallest absolute Gasteiger partial charge is 0.399 e. The highest BCUT2D eigenvalue weighted by Crippen LogP contribution is 2.40. The van der Waals surface area contributed by atoms with Crippen molar-refractivity contribution in [3.05, 3.63) is 24.0 Å². The monoisotopic (exact) mass is 366 g/mol. The van der Waals surface area contributed by atoms with E-state index in [-0.39, 0.29) is 18.3 Å². The van der Waals surface area contributed by atoms with Gasteiger partial charge in [0.25, 0.3) is 0 Å². The van der Waals surface area contributed by atoms with Crippen LogP contribution in [0.15, 0.2) is 18.2 Å². The lowest BCUT2D eigenvalue weighted by molar-refractivity contribution is 0.00578. The van der Waals surface area contributed by atoms with Crippen LogP contribution >= 0.6 is 0 Å². The normalized spacial score (nSPS) is 27.4. The molecule has 1 aromatic heterocycles. The predicted octanol–water partition coefficient (Wildman–Crippen LogP) is 4.09. The van der Waals surface area contributed by atoms with Gasteiger partial charge in [-0.2, -0.15) is 0 Å². The van der Waals surface area contributed by atoms with Crippen LogP contribution in [0.25, 0.3) is 11.0 Å². The highest BCUT2D eigenvalue weighted by molar-refractivity contribution is 6.62. The van der Waals surface area contributed by atoms with Crippen molar-refractivity contribution in [1.29, 1.82) is 0 Å². The molecule has 2 aliphatic heterocycles. The molecule has 1 unspecified atom stereocenters. The van der Waals surface area contributed by atoms with E-state index in [1.54, 1.807) is 0 Å². The van der Waals surface area contributed by atoms with Crippen molar-refractivity contribution in [3.8, 4) is 0 Å². The maximum Gasteiger partial charge on any atom is 0.494 e. The van der Waals surface area contributed by atoms with Crippen LogP contribution < -0.4 is 5.46 Å². The second-order valence-electron chi connectivity index (χ2n) is 9.79. The maximum atomic E-state index is 6.22. The third-order valence-corrected chi connectivity index (χ3v) is 7.66. The van der Waals surface area contributed by atoms with Crippen LogP contribution in [0.3, 0.4) is 0 Å². The Morgan fingerprint density at radius 3 is 2.37 bits per heavy atom. The van der Waals surface area contributed by atoms with Crippen LogP contribution in [0, 0.1) is 11.8 Å². The zero-order valence-corrected chi connectivity index (χ0v) is 17.1. The quantitative estimate of drug-likeness (QED) is 0.752. The van der Waals surface area contributed by atoms with E-state index >= 15 is 0 Å². The molecular weight excluding hydrogens is 335 g/mol. The summed E-state index contributed by atoms with van der Waals surface area (Å²) in [4.78, 5) is 5.01. The molecule has 1 atom stereocenters. The fourth-order valence-corrected chi connectivity index (χ4v) is 4.90. The molecule has 0 radical (unpaired) electrons. The molecule has 2 aromatic rings. The predicted molar refractivity (Wildman–Crippen MR) is 109 cm³/mol. The summed E-state index contributed by atoms with van der Waals surface area (Å²) >= 11 is 0. The summed E-state index contributed by atoms with van der Waals surface area (Å²) < 4.78 is 14.9. The third kappa shape index (κ3) is 2.85. The molecule has 144 valence electrons. The molecule has 1 saturated carbocycles. The van der Waals surface area contributed by atoms with Gasteiger partial charge in [-0.15, -0.1) is 0 Å². The molecule has 5 heteroatoms. The number of rotatable bonds is 2. The molecular formula is C22H31BN2O2. The van der Waals surface area contributed by atoms with Crippen molar-refractivity contribution in [1.82, 2.24) is 9.55 Å². The molecule has 5 rings (SSSR count). The van der Waals surface area contributed by atoms with E-state index in [1.165, 1.54) is 43.4 Å². The van der Waals surface area contributed by atoms with Crippen LogP contribution in [0.1, 0.15) is 65.6 Å². The standard InChI is InChI=1S/C22H31BN2O2/c1-21(2)22(3,4)27-23(26-21)17-9-10-19-18(14-17)24-20-11-8-16(12-13-25(19)20)15-6-5-7-15/h9-10,14-16H,5-8,11-13H2,1-4H3. The first-order chi connectivity index (χ1) is 12.8. The first-order valence-corrected chi connectivity index (χ1v) is 10.7. The lowest BCUT2D eigenvalue weighted by atomic mass is 9.73. The molecule has 0 spiro atoms. The molecule has 27 heavy (non-hydrogen) atoms. The number of imidazole rings is 1. The number of aryl methyl sites for hydroxylation is 2. The number of fused-ring (bicyclic) bond motifs is 3. The van der Waals surface area contributed by atoms with E-state index < -0.39 is 0 Å². The largest absolute Gasteiger partial charge is 0.494 e. The minimum absolute atomic E-state index is 0.311. The highest BCUT2D eigenvalue weighted by Gasteiger charge is 2.51. The van der Waals surface area contributed by atoms with Crippen molar-refractivity contribution in [3.63, 3.8) is 0 Å². The maximum absolute atomic E-state index is 6.22. The molecule has 2 fully saturated rings. The van der Waals surface area contributed by atoms with Gasteiger partial charge in [0.05, 0.1) is 22.2 Å². The van der Waals surface area contributed by atoms with E-state index in [0.717, 1.165) is 35.8 Å². The first kappa shape index (κ1) is 17.8. The van der Waals surface area contributed by atoms with Crippen LogP contribution in [0.5, 0.6) is 0 Å². The summed E-state index contributed by atoms with van der Waals surface area (Å²) in [5.74, 6) is 3.15. The van der Waals surface area contributed by atoms with Crippen molar-refractivity contribution in [2.24, 2.45) is 11.8 Å². The van der Waals surface area contributed by atoms with Crippen LogP contribution in [0.4, 0.5) is 0 Å². The molecule has 3 heterocycles. The Kier molecular flexibility index (Phi) is 4.00. The molecule has 0 bridgehead atoms. The Bertz CT molecular complexity index is 853. The van der Waals surface area contributed by atoms with Gasteiger partial charge in [-0.1, -0.05) is 25.3 Å². The molecule has 0 N–H and O–H groups in total. The topological polar surface area (TPSA) is 36.3 Å². The van der Waals surface area contributed by atoms with E-state index in [1.807, 2.05) is 0 Å². The summed E-state index contributed by atoms with van der Waals surface area (Å²) in [5.41, 5.74) is 2.80. The first-order valence-electron chi connectivity index (χ1n) is 10.7. The Morgan fingerprint density at radius 2 is 1.70 bits per heavy atom. The van der Waals surface area contributed by atoms with Crippen molar-refractivity contribution in [2.45, 2.75) is 84.0 Å².